The Labute approximate surface area is 99.6 Å². The minimum Gasteiger partial charge on any atom is -0.319 e. The number of halogens is 2. The third kappa shape index (κ3) is 3.03. The van der Waals surface area contributed by atoms with Crippen LogP contribution in [-0.4, -0.2) is 11.3 Å². The minimum atomic E-state index is -0.849. The quantitative estimate of drug-likeness (QED) is 0.884. The van der Waals surface area contributed by atoms with Crippen LogP contribution in [0.3, 0.4) is 0 Å². The number of rotatable bonds is 4. The van der Waals surface area contributed by atoms with Crippen molar-refractivity contribution < 1.29 is 9.18 Å². The van der Waals surface area contributed by atoms with E-state index in [2.05, 4.69) is 0 Å². The van der Waals surface area contributed by atoms with Gasteiger partial charge in [0.2, 0.25) is 0 Å². The third-order valence-corrected chi connectivity index (χ3v) is 3.09. The summed E-state index contributed by atoms with van der Waals surface area (Å²) in [5.41, 5.74) is 5.58. The summed E-state index contributed by atoms with van der Waals surface area (Å²) < 4.78 is 12.8. The summed E-state index contributed by atoms with van der Waals surface area (Å²) in [5.74, 6) is -0.504. The van der Waals surface area contributed by atoms with Crippen molar-refractivity contribution in [1.82, 2.24) is 0 Å². The molecule has 0 fully saturated rings. The second-order valence-corrected chi connectivity index (χ2v) is 4.51. The summed E-state index contributed by atoms with van der Waals surface area (Å²) in [6, 6.07) is 4.00. The topological polar surface area (TPSA) is 43.1 Å². The summed E-state index contributed by atoms with van der Waals surface area (Å²) in [5, 5.41) is 0.264. The zero-order valence-electron chi connectivity index (χ0n) is 9.39. The average Bonchev–Trinajstić information content (AvgIpc) is 2.22. The highest BCUT2D eigenvalue weighted by molar-refractivity contribution is 6.31. The molecule has 0 aliphatic carbocycles. The molecule has 1 atom stereocenters. The predicted octanol–water partition coefficient (Wildman–Crippen LogP) is 2.72. The zero-order chi connectivity index (χ0) is 12.3. The molecule has 0 aliphatic heterocycles. The lowest BCUT2D eigenvalue weighted by molar-refractivity contribution is -0.123. The summed E-state index contributed by atoms with van der Waals surface area (Å²) in [6.45, 7) is 3.54. The Morgan fingerprint density at radius 1 is 1.56 bits per heavy atom. The monoisotopic (exact) mass is 243 g/mol. The van der Waals surface area contributed by atoms with Gasteiger partial charge in [-0.3, -0.25) is 4.79 Å². The van der Waals surface area contributed by atoms with Crippen LogP contribution < -0.4 is 5.73 Å². The highest BCUT2D eigenvalue weighted by Crippen LogP contribution is 2.20. The molecule has 1 aromatic carbocycles. The molecule has 0 heterocycles. The van der Waals surface area contributed by atoms with E-state index in [0.29, 0.717) is 12.0 Å². The number of Topliss-reactive ketones (excluding diaryl/α,β-unsaturated/α-hetero) is 1. The van der Waals surface area contributed by atoms with Crippen molar-refractivity contribution in [2.24, 2.45) is 5.73 Å². The molecule has 16 heavy (non-hydrogen) atoms. The van der Waals surface area contributed by atoms with E-state index in [0.717, 1.165) is 0 Å². The highest BCUT2D eigenvalue weighted by Gasteiger charge is 2.26. The first kappa shape index (κ1) is 13.1. The first-order chi connectivity index (χ1) is 7.36. The van der Waals surface area contributed by atoms with Gasteiger partial charge in [-0.15, -0.1) is 0 Å². The summed E-state index contributed by atoms with van der Waals surface area (Å²) >= 11 is 5.83. The van der Waals surface area contributed by atoms with Gasteiger partial charge in [0.1, 0.15) is 5.82 Å². The van der Waals surface area contributed by atoms with E-state index in [1.165, 1.54) is 18.2 Å². The second kappa shape index (κ2) is 4.93. The zero-order valence-corrected chi connectivity index (χ0v) is 10.1. The summed E-state index contributed by atoms with van der Waals surface area (Å²) in [6.07, 6.45) is 0.699. The Balaban J connectivity index is 2.85. The number of nitrogens with two attached hydrogens (primary N) is 1. The number of hydrogen-bond acceptors (Lipinski definition) is 2. The van der Waals surface area contributed by atoms with Crippen LogP contribution in [0.25, 0.3) is 0 Å². The van der Waals surface area contributed by atoms with E-state index < -0.39 is 11.4 Å². The van der Waals surface area contributed by atoms with Gasteiger partial charge in [-0.05, 0) is 31.0 Å². The van der Waals surface area contributed by atoms with E-state index in [9.17, 15) is 9.18 Å². The fraction of sp³-hybridized carbons (Fsp3) is 0.417. The van der Waals surface area contributed by atoms with Crippen LogP contribution in [0.5, 0.6) is 0 Å². The maximum atomic E-state index is 12.8. The van der Waals surface area contributed by atoms with Crippen LogP contribution in [0, 0.1) is 5.82 Å². The molecule has 0 saturated heterocycles. The molecule has 0 aliphatic rings. The lowest BCUT2D eigenvalue weighted by Gasteiger charge is -2.21. The van der Waals surface area contributed by atoms with Crippen LogP contribution in [0.4, 0.5) is 4.39 Å². The first-order valence-electron chi connectivity index (χ1n) is 5.13. The van der Waals surface area contributed by atoms with Crippen LogP contribution in [0.15, 0.2) is 18.2 Å². The van der Waals surface area contributed by atoms with E-state index in [1.807, 2.05) is 6.92 Å². The highest BCUT2D eigenvalue weighted by atomic mass is 35.5. The van der Waals surface area contributed by atoms with Crippen LogP contribution in [-0.2, 0) is 11.2 Å². The Hall–Kier alpha value is -0.930. The molecular weight excluding hydrogens is 229 g/mol. The van der Waals surface area contributed by atoms with Gasteiger partial charge in [0, 0.05) is 11.4 Å². The average molecular weight is 244 g/mol. The van der Waals surface area contributed by atoms with Gasteiger partial charge in [-0.2, -0.15) is 0 Å². The Kier molecular flexibility index (Phi) is 4.05. The molecule has 0 aromatic heterocycles. The largest absolute Gasteiger partial charge is 0.319 e. The number of carbonyl (C=O) groups is 1. The molecule has 1 unspecified atom stereocenters. The minimum absolute atomic E-state index is 0.0940. The number of carbonyl (C=O) groups excluding carboxylic acids is 1. The molecule has 0 radical (unpaired) electrons. The third-order valence-electron chi connectivity index (χ3n) is 2.74. The van der Waals surface area contributed by atoms with Crippen molar-refractivity contribution in [3.63, 3.8) is 0 Å². The molecule has 0 bridgehead atoms. The van der Waals surface area contributed by atoms with Crippen LogP contribution in [0.1, 0.15) is 25.8 Å². The molecule has 0 spiro atoms. The maximum Gasteiger partial charge on any atom is 0.156 e. The van der Waals surface area contributed by atoms with Gasteiger partial charge in [0.15, 0.2) is 5.78 Å². The second-order valence-electron chi connectivity index (χ2n) is 4.11. The fourth-order valence-corrected chi connectivity index (χ4v) is 1.47. The number of ketones is 1. The van der Waals surface area contributed by atoms with E-state index in [4.69, 9.17) is 17.3 Å². The van der Waals surface area contributed by atoms with E-state index in [1.54, 1.807) is 6.92 Å². The maximum absolute atomic E-state index is 12.8. The Bertz CT molecular complexity index is 404. The van der Waals surface area contributed by atoms with Gasteiger partial charge >= 0.3 is 0 Å². The Morgan fingerprint density at radius 2 is 2.19 bits per heavy atom. The molecule has 0 amide bonds. The molecule has 1 rings (SSSR count). The number of hydrogen-bond donors (Lipinski definition) is 1. The van der Waals surface area contributed by atoms with Crippen molar-refractivity contribution >= 4 is 17.4 Å². The molecule has 88 valence electrons. The van der Waals surface area contributed by atoms with Gasteiger partial charge in [-0.1, -0.05) is 24.6 Å². The van der Waals surface area contributed by atoms with Gasteiger partial charge < -0.3 is 5.73 Å². The van der Waals surface area contributed by atoms with Crippen molar-refractivity contribution in [1.29, 1.82) is 0 Å². The normalized spacial score (nSPS) is 14.6. The lowest BCUT2D eigenvalue weighted by Crippen LogP contribution is -2.45. The van der Waals surface area contributed by atoms with Crippen molar-refractivity contribution in [3.8, 4) is 0 Å². The molecule has 4 heteroatoms. The number of benzene rings is 1. The van der Waals surface area contributed by atoms with Crippen LogP contribution >= 0.6 is 11.6 Å². The van der Waals surface area contributed by atoms with Gasteiger partial charge in [0.05, 0.1) is 5.54 Å². The summed E-state index contributed by atoms with van der Waals surface area (Å²) in [4.78, 5) is 11.8. The first-order valence-corrected chi connectivity index (χ1v) is 5.50. The van der Waals surface area contributed by atoms with Gasteiger partial charge in [-0.25, -0.2) is 4.39 Å². The summed E-state index contributed by atoms with van der Waals surface area (Å²) in [7, 11) is 0. The molecule has 2 nitrogen and oxygen atoms in total. The lowest BCUT2D eigenvalue weighted by atomic mass is 9.90. The van der Waals surface area contributed by atoms with Crippen LogP contribution in [0.2, 0.25) is 5.02 Å². The SMILES string of the molecule is CCC(C)(N)C(=O)Cc1ccc(F)cc1Cl. The molecule has 1 aromatic rings. The van der Waals surface area contributed by atoms with Crippen molar-refractivity contribution in [2.75, 3.05) is 0 Å². The Morgan fingerprint density at radius 3 is 2.69 bits per heavy atom. The standard InChI is InChI=1S/C12H15ClFNO/c1-3-12(2,15)11(16)6-8-4-5-9(14)7-10(8)13/h4-5,7H,3,6,15H2,1-2H3. The van der Waals surface area contributed by atoms with E-state index in [-0.39, 0.29) is 17.2 Å². The van der Waals surface area contributed by atoms with E-state index >= 15 is 0 Å². The fourth-order valence-electron chi connectivity index (χ4n) is 1.24. The smallest absolute Gasteiger partial charge is 0.156 e. The van der Waals surface area contributed by atoms with Crippen molar-refractivity contribution in [3.05, 3.63) is 34.6 Å². The molecule has 0 saturated carbocycles. The molecule has 2 N–H and O–H groups in total. The predicted molar refractivity (Wildman–Crippen MR) is 63.0 cm³/mol. The molecular formula is C12H15ClFNO. The van der Waals surface area contributed by atoms with Gasteiger partial charge in [0.25, 0.3) is 0 Å². The van der Waals surface area contributed by atoms with Crippen molar-refractivity contribution in [2.45, 2.75) is 32.2 Å².